The molecule has 26 heavy (non-hydrogen) atoms. The number of carbonyl (C=O) groups is 1. The van der Waals surface area contributed by atoms with Crippen LogP contribution in [-0.2, 0) is 12.8 Å². The Morgan fingerprint density at radius 1 is 1.19 bits per heavy atom. The zero-order chi connectivity index (χ0) is 18.8. The molecule has 140 valence electrons. The van der Waals surface area contributed by atoms with Crippen molar-refractivity contribution >= 4 is 22.9 Å². The fraction of sp³-hybridized carbons (Fsp3) is 0.450. The first-order chi connectivity index (χ1) is 12.5. The molecule has 1 amide bonds. The first-order valence-corrected chi connectivity index (χ1v) is 9.58. The number of benzene rings is 1. The van der Waals surface area contributed by atoms with E-state index in [9.17, 15) is 4.79 Å². The Hall–Kier alpha value is -2.21. The number of carbonyl (C=O) groups excluding carboxylic acids is 1. The molecule has 1 aromatic carbocycles. The summed E-state index contributed by atoms with van der Waals surface area (Å²) in [6.45, 7) is 4.14. The molecule has 0 spiro atoms. The number of hydrogen-bond acceptors (Lipinski definition) is 5. The van der Waals surface area contributed by atoms with Gasteiger partial charge < -0.3 is 19.5 Å². The third-order valence-electron chi connectivity index (χ3n) is 4.95. The Kier molecular flexibility index (Phi) is 5.41. The Balaban J connectivity index is 1.94. The Bertz CT molecular complexity index is 828. The average Bonchev–Trinajstić information content (AvgIpc) is 3.04. The maximum absolute atomic E-state index is 12.9. The normalized spacial score (nSPS) is 16.0. The van der Waals surface area contributed by atoms with Crippen LogP contribution in [0.1, 0.15) is 39.7 Å². The molecule has 0 fully saturated rings. The molecule has 1 unspecified atom stereocenters. The highest BCUT2D eigenvalue weighted by molar-refractivity contribution is 7.10. The monoisotopic (exact) mass is 375 g/mol. The van der Waals surface area contributed by atoms with Crippen LogP contribution < -0.4 is 19.5 Å². The minimum absolute atomic E-state index is 0.109. The number of hydrogen-bond donors (Lipinski definition) is 1. The van der Waals surface area contributed by atoms with Crippen molar-refractivity contribution in [1.29, 1.82) is 0 Å². The fourth-order valence-corrected chi connectivity index (χ4v) is 4.82. The lowest BCUT2D eigenvalue weighted by molar-refractivity contribution is 0.102. The molecule has 0 saturated carbocycles. The van der Waals surface area contributed by atoms with Crippen LogP contribution in [0.25, 0.3) is 0 Å². The molecule has 1 atom stereocenters. The molecule has 5 nitrogen and oxygen atoms in total. The quantitative estimate of drug-likeness (QED) is 0.838. The lowest BCUT2D eigenvalue weighted by Gasteiger charge is -2.20. The van der Waals surface area contributed by atoms with Crippen LogP contribution in [0.4, 0.5) is 5.69 Å². The standard InChI is InChI=1S/C20H25NO4S/c1-11-6-7-13-14(10-26-17(13)8-11)20(22)21-15-9-16(23-3)19(25-5)12(2)18(15)24-4/h9-11H,6-8H2,1-5H3,(H,21,22). The van der Waals surface area contributed by atoms with Crippen molar-refractivity contribution in [2.45, 2.75) is 33.1 Å². The molecular weight excluding hydrogens is 350 g/mol. The molecule has 0 radical (unpaired) electrons. The van der Waals surface area contributed by atoms with Crippen molar-refractivity contribution in [1.82, 2.24) is 0 Å². The summed E-state index contributed by atoms with van der Waals surface area (Å²) in [5, 5.41) is 4.97. The average molecular weight is 375 g/mol. The third-order valence-corrected chi connectivity index (χ3v) is 6.00. The lowest BCUT2D eigenvalue weighted by Crippen LogP contribution is -2.17. The summed E-state index contributed by atoms with van der Waals surface area (Å²) in [6.07, 6.45) is 3.15. The predicted octanol–water partition coefficient (Wildman–Crippen LogP) is 4.46. The van der Waals surface area contributed by atoms with Gasteiger partial charge in [-0.15, -0.1) is 11.3 Å². The van der Waals surface area contributed by atoms with Crippen LogP contribution >= 0.6 is 11.3 Å². The van der Waals surface area contributed by atoms with E-state index in [-0.39, 0.29) is 5.91 Å². The number of anilines is 1. The molecule has 0 saturated heterocycles. The summed E-state index contributed by atoms with van der Waals surface area (Å²) in [4.78, 5) is 14.3. The van der Waals surface area contributed by atoms with Crippen molar-refractivity contribution in [3.63, 3.8) is 0 Å². The highest BCUT2D eigenvalue weighted by atomic mass is 32.1. The number of rotatable bonds is 5. The van der Waals surface area contributed by atoms with E-state index in [4.69, 9.17) is 14.2 Å². The van der Waals surface area contributed by atoms with Crippen LogP contribution in [0.15, 0.2) is 11.4 Å². The van der Waals surface area contributed by atoms with Crippen molar-refractivity contribution in [3.05, 3.63) is 33.0 Å². The van der Waals surface area contributed by atoms with Gasteiger partial charge in [0.1, 0.15) is 5.75 Å². The van der Waals surface area contributed by atoms with Gasteiger partial charge in [-0.1, -0.05) is 6.92 Å². The van der Waals surface area contributed by atoms with Crippen molar-refractivity contribution in [3.8, 4) is 17.2 Å². The van der Waals surface area contributed by atoms with Gasteiger partial charge in [0.15, 0.2) is 11.5 Å². The van der Waals surface area contributed by atoms with Crippen LogP contribution in [0, 0.1) is 12.8 Å². The van der Waals surface area contributed by atoms with Gasteiger partial charge >= 0.3 is 0 Å². The Morgan fingerprint density at radius 2 is 1.92 bits per heavy atom. The smallest absolute Gasteiger partial charge is 0.256 e. The molecule has 1 aliphatic rings. The van der Waals surface area contributed by atoms with Gasteiger partial charge in [-0.2, -0.15) is 0 Å². The first-order valence-electron chi connectivity index (χ1n) is 8.70. The van der Waals surface area contributed by atoms with Gasteiger partial charge in [-0.25, -0.2) is 0 Å². The molecule has 1 heterocycles. The summed E-state index contributed by atoms with van der Waals surface area (Å²) in [5.74, 6) is 2.31. The lowest BCUT2D eigenvalue weighted by atomic mass is 9.88. The van der Waals surface area contributed by atoms with Crippen LogP contribution in [0.2, 0.25) is 0 Å². The van der Waals surface area contributed by atoms with Crippen LogP contribution in [0.3, 0.4) is 0 Å². The van der Waals surface area contributed by atoms with E-state index in [1.807, 2.05) is 12.3 Å². The van der Waals surface area contributed by atoms with E-state index in [0.29, 0.717) is 28.9 Å². The SMILES string of the molecule is COc1cc(NC(=O)c2csc3c2CCC(C)C3)c(OC)c(C)c1OC. The van der Waals surface area contributed by atoms with Gasteiger partial charge in [-0.05, 0) is 37.7 Å². The second-order valence-corrected chi connectivity index (χ2v) is 7.64. The maximum Gasteiger partial charge on any atom is 0.256 e. The summed E-state index contributed by atoms with van der Waals surface area (Å²) in [5.41, 5.74) is 3.33. The minimum Gasteiger partial charge on any atom is -0.494 e. The first kappa shape index (κ1) is 18.6. The molecule has 0 bridgehead atoms. The number of ether oxygens (including phenoxy) is 3. The Labute approximate surface area is 158 Å². The number of amides is 1. The van der Waals surface area contributed by atoms with Gasteiger partial charge in [0.05, 0.1) is 32.6 Å². The summed E-state index contributed by atoms with van der Waals surface area (Å²) in [7, 11) is 4.74. The van der Waals surface area contributed by atoms with E-state index in [1.54, 1.807) is 38.7 Å². The molecule has 3 rings (SSSR count). The zero-order valence-corrected chi connectivity index (χ0v) is 16.7. The minimum atomic E-state index is -0.109. The number of nitrogens with one attached hydrogen (secondary N) is 1. The Morgan fingerprint density at radius 3 is 2.58 bits per heavy atom. The molecule has 0 aliphatic heterocycles. The van der Waals surface area contributed by atoms with Gasteiger partial charge in [0, 0.05) is 21.9 Å². The third kappa shape index (κ3) is 3.26. The second-order valence-electron chi connectivity index (χ2n) is 6.67. The molecule has 2 aromatic rings. The number of thiophene rings is 1. The highest BCUT2D eigenvalue weighted by Gasteiger charge is 2.25. The molecular formula is C20H25NO4S. The second kappa shape index (κ2) is 7.58. The van der Waals surface area contributed by atoms with Crippen LogP contribution in [-0.4, -0.2) is 27.2 Å². The summed E-state index contributed by atoms with van der Waals surface area (Å²) < 4.78 is 16.3. The summed E-state index contributed by atoms with van der Waals surface area (Å²) in [6, 6.07) is 1.74. The topological polar surface area (TPSA) is 56.8 Å². The largest absolute Gasteiger partial charge is 0.494 e. The van der Waals surface area contributed by atoms with Gasteiger partial charge in [0.2, 0.25) is 0 Å². The van der Waals surface area contributed by atoms with Gasteiger partial charge in [0.25, 0.3) is 5.91 Å². The molecule has 6 heteroatoms. The number of fused-ring (bicyclic) bond motifs is 1. The zero-order valence-electron chi connectivity index (χ0n) is 15.9. The molecule has 1 N–H and O–H groups in total. The predicted molar refractivity (Wildman–Crippen MR) is 104 cm³/mol. The van der Waals surface area contributed by atoms with E-state index in [0.717, 1.165) is 30.4 Å². The molecule has 1 aromatic heterocycles. The fourth-order valence-electron chi connectivity index (χ4n) is 3.57. The van der Waals surface area contributed by atoms with E-state index >= 15 is 0 Å². The molecule has 1 aliphatic carbocycles. The highest BCUT2D eigenvalue weighted by Crippen LogP contribution is 2.43. The van der Waals surface area contributed by atoms with Crippen molar-refractivity contribution in [2.24, 2.45) is 5.92 Å². The summed E-state index contributed by atoms with van der Waals surface area (Å²) >= 11 is 1.68. The van der Waals surface area contributed by atoms with Crippen LogP contribution in [0.5, 0.6) is 17.2 Å². The van der Waals surface area contributed by atoms with Gasteiger partial charge in [-0.3, -0.25) is 4.79 Å². The van der Waals surface area contributed by atoms with E-state index in [1.165, 1.54) is 10.4 Å². The maximum atomic E-state index is 12.9. The van der Waals surface area contributed by atoms with E-state index in [2.05, 4.69) is 12.2 Å². The number of methoxy groups -OCH3 is 3. The van der Waals surface area contributed by atoms with Crippen molar-refractivity contribution in [2.75, 3.05) is 26.6 Å². The van der Waals surface area contributed by atoms with E-state index < -0.39 is 0 Å². The van der Waals surface area contributed by atoms with Crippen molar-refractivity contribution < 1.29 is 19.0 Å².